The molecule has 0 unspecified atom stereocenters. The molecule has 2 rings (SSSR count). The third-order valence-electron chi connectivity index (χ3n) is 1.83. The molecule has 2 N–H and O–H groups in total. The number of nitrogen functional groups attached to an aromatic ring is 1. The van der Waals surface area contributed by atoms with E-state index in [1.165, 1.54) is 18.3 Å². The molecule has 4 nitrogen and oxygen atoms in total. The highest BCUT2D eigenvalue weighted by Gasteiger charge is 2.10. The Morgan fingerprint density at radius 1 is 1.41 bits per heavy atom. The fraction of sp³-hybridized carbons (Fsp3) is 0. The Hall–Kier alpha value is -1.40. The van der Waals surface area contributed by atoms with E-state index in [1.807, 2.05) is 0 Å². The normalized spacial score (nSPS) is 10.3. The molecule has 0 saturated heterocycles. The van der Waals surface area contributed by atoms with Crippen LogP contribution in [0.25, 0.3) is 0 Å². The standard InChI is InChI=1S/C10H6BrClFN3O/c11-5-1-2-8(7(13)3-5)17-9-6(12)4-15-10(14)16-9/h1-4H,(H2,14,15,16). The highest BCUT2D eigenvalue weighted by atomic mass is 79.9. The van der Waals surface area contributed by atoms with E-state index in [1.54, 1.807) is 6.07 Å². The van der Waals surface area contributed by atoms with Crippen LogP contribution in [0.1, 0.15) is 0 Å². The highest BCUT2D eigenvalue weighted by molar-refractivity contribution is 9.10. The van der Waals surface area contributed by atoms with Crippen molar-refractivity contribution in [3.8, 4) is 11.6 Å². The zero-order valence-corrected chi connectivity index (χ0v) is 10.7. The Morgan fingerprint density at radius 3 is 2.88 bits per heavy atom. The Kier molecular flexibility index (Phi) is 3.44. The van der Waals surface area contributed by atoms with E-state index in [-0.39, 0.29) is 22.6 Å². The molecule has 0 amide bonds. The van der Waals surface area contributed by atoms with E-state index in [0.29, 0.717) is 4.47 Å². The maximum Gasteiger partial charge on any atom is 0.243 e. The smallest absolute Gasteiger partial charge is 0.243 e. The van der Waals surface area contributed by atoms with E-state index in [0.717, 1.165) is 0 Å². The molecule has 0 aliphatic rings. The van der Waals surface area contributed by atoms with E-state index < -0.39 is 5.82 Å². The third-order valence-corrected chi connectivity index (χ3v) is 2.58. The second kappa shape index (κ2) is 4.85. The number of nitrogens with zero attached hydrogens (tertiary/aromatic N) is 2. The number of benzene rings is 1. The summed E-state index contributed by atoms with van der Waals surface area (Å²) in [4.78, 5) is 7.44. The largest absolute Gasteiger partial charge is 0.434 e. The summed E-state index contributed by atoms with van der Waals surface area (Å²) in [6.45, 7) is 0. The van der Waals surface area contributed by atoms with Gasteiger partial charge in [0.1, 0.15) is 5.02 Å². The zero-order chi connectivity index (χ0) is 12.4. The number of ether oxygens (including phenoxy) is 1. The molecule has 17 heavy (non-hydrogen) atoms. The lowest BCUT2D eigenvalue weighted by atomic mass is 10.3. The molecule has 0 saturated carbocycles. The Balaban J connectivity index is 2.34. The van der Waals surface area contributed by atoms with E-state index >= 15 is 0 Å². The summed E-state index contributed by atoms with van der Waals surface area (Å²) < 4.78 is 19.3. The van der Waals surface area contributed by atoms with Gasteiger partial charge in [0.05, 0.1) is 6.20 Å². The summed E-state index contributed by atoms with van der Waals surface area (Å²) in [6, 6.07) is 4.36. The summed E-state index contributed by atoms with van der Waals surface area (Å²) in [5, 5.41) is 0.154. The van der Waals surface area contributed by atoms with Crippen LogP contribution in [-0.2, 0) is 0 Å². The van der Waals surface area contributed by atoms with Gasteiger partial charge < -0.3 is 10.5 Å². The topological polar surface area (TPSA) is 61.0 Å². The van der Waals surface area contributed by atoms with Gasteiger partial charge in [-0.05, 0) is 18.2 Å². The van der Waals surface area contributed by atoms with Crippen molar-refractivity contribution in [2.75, 3.05) is 5.73 Å². The summed E-state index contributed by atoms with van der Waals surface area (Å²) >= 11 is 8.93. The van der Waals surface area contributed by atoms with Crippen LogP contribution in [0.2, 0.25) is 5.02 Å². The second-order valence-corrected chi connectivity index (χ2v) is 4.38. The monoisotopic (exact) mass is 317 g/mol. The molecule has 0 atom stereocenters. The van der Waals surface area contributed by atoms with Crippen LogP contribution in [0.4, 0.5) is 10.3 Å². The van der Waals surface area contributed by atoms with Crippen molar-refractivity contribution in [2.45, 2.75) is 0 Å². The number of anilines is 1. The molecule has 1 heterocycles. The van der Waals surface area contributed by atoms with Crippen LogP contribution >= 0.6 is 27.5 Å². The first kappa shape index (κ1) is 12.1. The third kappa shape index (κ3) is 2.83. The van der Waals surface area contributed by atoms with Crippen molar-refractivity contribution in [3.63, 3.8) is 0 Å². The van der Waals surface area contributed by atoms with Crippen LogP contribution in [0.5, 0.6) is 11.6 Å². The molecule has 88 valence electrons. The lowest BCUT2D eigenvalue weighted by molar-refractivity contribution is 0.427. The van der Waals surface area contributed by atoms with Gasteiger partial charge in [-0.1, -0.05) is 27.5 Å². The summed E-state index contributed by atoms with van der Waals surface area (Å²) in [5.41, 5.74) is 5.38. The van der Waals surface area contributed by atoms with Crippen LogP contribution < -0.4 is 10.5 Å². The Labute approximate surface area is 110 Å². The van der Waals surface area contributed by atoms with Crippen molar-refractivity contribution in [3.05, 3.63) is 39.7 Å². The quantitative estimate of drug-likeness (QED) is 0.922. The summed E-state index contributed by atoms with van der Waals surface area (Å²) in [6.07, 6.45) is 1.29. The fourth-order valence-corrected chi connectivity index (χ4v) is 1.56. The molecule has 1 aromatic carbocycles. The lowest BCUT2D eigenvalue weighted by Gasteiger charge is -2.07. The van der Waals surface area contributed by atoms with Crippen molar-refractivity contribution in [1.29, 1.82) is 0 Å². The van der Waals surface area contributed by atoms with E-state index in [9.17, 15) is 4.39 Å². The van der Waals surface area contributed by atoms with Gasteiger partial charge in [0.15, 0.2) is 11.6 Å². The highest BCUT2D eigenvalue weighted by Crippen LogP contribution is 2.29. The predicted molar refractivity (Wildman–Crippen MR) is 65.6 cm³/mol. The Morgan fingerprint density at radius 2 is 2.18 bits per heavy atom. The van der Waals surface area contributed by atoms with Crippen molar-refractivity contribution >= 4 is 33.5 Å². The van der Waals surface area contributed by atoms with Crippen LogP contribution in [-0.4, -0.2) is 9.97 Å². The number of hydrogen-bond donors (Lipinski definition) is 1. The number of halogens is 3. The average Bonchev–Trinajstić information content (AvgIpc) is 2.27. The first-order valence-corrected chi connectivity index (χ1v) is 5.64. The van der Waals surface area contributed by atoms with Gasteiger partial charge in [0.2, 0.25) is 11.8 Å². The fourth-order valence-electron chi connectivity index (χ4n) is 1.10. The average molecular weight is 319 g/mol. The number of rotatable bonds is 2. The van der Waals surface area contributed by atoms with Crippen molar-refractivity contribution in [2.24, 2.45) is 0 Å². The SMILES string of the molecule is Nc1ncc(Cl)c(Oc2ccc(Br)cc2F)n1. The maximum atomic E-state index is 13.5. The van der Waals surface area contributed by atoms with E-state index in [2.05, 4.69) is 25.9 Å². The van der Waals surface area contributed by atoms with Gasteiger partial charge in [-0.3, -0.25) is 0 Å². The molecule has 0 spiro atoms. The van der Waals surface area contributed by atoms with Crippen LogP contribution in [0, 0.1) is 5.82 Å². The second-order valence-electron chi connectivity index (χ2n) is 3.06. The maximum absolute atomic E-state index is 13.5. The summed E-state index contributed by atoms with van der Waals surface area (Å²) in [5.74, 6) is -0.511. The first-order valence-electron chi connectivity index (χ1n) is 4.47. The molecule has 0 radical (unpaired) electrons. The van der Waals surface area contributed by atoms with Crippen LogP contribution in [0.15, 0.2) is 28.9 Å². The zero-order valence-electron chi connectivity index (χ0n) is 8.32. The summed E-state index contributed by atoms with van der Waals surface area (Å²) in [7, 11) is 0. The molecule has 7 heteroatoms. The van der Waals surface area contributed by atoms with Crippen LogP contribution in [0.3, 0.4) is 0 Å². The molecule has 0 bridgehead atoms. The van der Waals surface area contributed by atoms with Gasteiger partial charge >= 0.3 is 0 Å². The molecule has 0 aliphatic carbocycles. The van der Waals surface area contributed by atoms with Gasteiger partial charge in [0, 0.05) is 4.47 Å². The number of nitrogens with two attached hydrogens (primary N) is 1. The first-order chi connectivity index (χ1) is 8.06. The molecular weight excluding hydrogens is 312 g/mol. The molecule has 0 fully saturated rings. The van der Waals surface area contributed by atoms with E-state index in [4.69, 9.17) is 22.1 Å². The Bertz CT molecular complexity index is 567. The number of hydrogen-bond acceptors (Lipinski definition) is 4. The minimum absolute atomic E-state index is 0.00178. The van der Waals surface area contributed by atoms with Gasteiger partial charge in [0.25, 0.3) is 0 Å². The van der Waals surface area contributed by atoms with Crippen molar-refractivity contribution < 1.29 is 9.13 Å². The number of aromatic nitrogens is 2. The lowest BCUT2D eigenvalue weighted by Crippen LogP contribution is -1.98. The minimum Gasteiger partial charge on any atom is -0.434 e. The van der Waals surface area contributed by atoms with Gasteiger partial charge in [-0.15, -0.1) is 0 Å². The van der Waals surface area contributed by atoms with Gasteiger partial charge in [-0.2, -0.15) is 4.98 Å². The molecule has 1 aromatic heterocycles. The minimum atomic E-state index is -0.535. The molecule has 2 aromatic rings. The molecule has 0 aliphatic heterocycles. The van der Waals surface area contributed by atoms with Gasteiger partial charge in [-0.25, -0.2) is 9.37 Å². The predicted octanol–water partition coefficient (Wildman–Crippen LogP) is 3.41. The molecular formula is C10H6BrClFN3O. The van der Waals surface area contributed by atoms with Crippen molar-refractivity contribution in [1.82, 2.24) is 9.97 Å².